The van der Waals surface area contributed by atoms with Crippen molar-refractivity contribution in [3.05, 3.63) is 60.7 Å². The highest BCUT2D eigenvalue weighted by atomic mass is 32.2. The maximum absolute atomic E-state index is 15.6. The van der Waals surface area contributed by atoms with Gasteiger partial charge < -0.3 is 34.3 Å². The number of benzene rings is 2. The number of methoxy groups -OCH3 is 1. The first-order valence-corrected chi connectivity index (χ1v) is 25.6. The molecule has 1 aromatic heterocycles. The van der Waals surface area contributed by atoms with Gasteiger partial charge in [0.15, 0.2) is 5.54 Å². The van der Waals surface area contributed by atoms with Gasteiger partial charge in [0, 0.05) is 29.9 Å². The summed E-state index contributed by atoms with van der Waals surface area (Å²) in [6, 6.07) is 10.6. The van der Waals surface area contributed by atoms with Crippen LogP contribution in [0.15, 0.2) is 60.7 Å². The number of allylic oxidation sites excluding steroid dienone is 1. The fourth-order valence-electron chi connectivity index (χ4n) is 10.5. The van der Waals surface area contributed by atoms with Crippen LogP contribution < -0.4 is 24.2 Å². The minimum Gasteiger partial charge on any atom is -0.497 e. The van der Waals surface area contributed by atoms with E-state index >= 15 is 18.0 Å². The third-order valence-electron chi connectivity index (χ3n) is 14.7. The summed E-state index contributed by atoms with van der Waals surface area (Å²) in [5, 5.41) is 14.8. The Morgan fingerprint density at radius 2 is 1.77 bits per heavy atom. The summed E-state index contributed by atoms with van der Waals surface area (Å²) >= 11 is 0. The zero-order valence-corrected chi connectivity index (χ0v) is 41.1. The van der Waals surface area contributed by atoms with Crippen molar-refractivity contribution in [3.8, 4) is 28.6 Å². The lowest BCUT2D eigenvalue weighted by atomic mass is 9.82. The van der Waals surface area contributed by atoms with Crippen molar-refractivity contribution in [1.82, 2.24) is 24.8 Å². The second kappa shape index (κ2) is 19.7. The molecule has 0 unspecified atom stereocenters. The van der Waals surface area contributed by atoms with Crippen LogP contribution in [0.3, 0.4) is 0 Å². The number of pyridine rings is 1. The maximum Gasteiger partial charge on any atom is 0.414 e. The van der Waals surface area contributed by atoms with E-state index in [1.54, 1.807) is 42.5 Å². The summed E-state index contributed by atoms with van der Waals surface area (Å²) in [6.07, 6.45) is -5.25. The van der Waals surface area contributed by atoms with Gasteiger partial charge in [0.05, 0.1) is 32.1 Å². The molecule has 16 nitrogen and oxygen atoms in total. The van der Waals surface area contributed by atoms with Crippen molar-refractivity contribution >= 4 is 44.6 Å². The minimum atomic E-state index is -5.20. The Hall–Kier alpha value is -5.70. The first-order chi connectivity index (χ1) is 33.6. The zero-order valence-electron chi connectivity index (χ0n) is 40.3. The normalized spacial score (nSPS) is 29.4. The van der Waals surface area contributed by atoms with Crippen molar-refractivity contribution in [2.75, 3.05) is 33.5 Å². The van der Waals surface area contributed by atoms with Gasteiger partial charge in [-0.25, -0.2) is 22.6 Å². The number of sulfonamides is 1. The summed E-state index contributed by atoms with van der Waals surface area (Å²) in [5.41, 5.74) is -3.88. The molecule has 71 heavy (non-hydrogen) atoms. The molecule has 5 aliphatic rings. The third-order valence-corrected chi connectivity index (χ3v) is 16.8. The molecule has 0 radical (unpaired) electrons. The van der Waals surface area contributed by atoms with E-state index in [9.17, 15) is 32.3 Å². The molecule has 3 aliphatic heterocycles. The first kappa shape index (κ1) is 51.6. The van der Waals surface area contributed by atoms with Crippen LogP contribution in [0.1, 0.15) is 85.5 Å². The second-order valence-electron chi connectivity index (χ2n) is 20.2. The molecule has 8 atom stereocenters. The largest absolute Gasteiger partial charge is 0.497 e. The molecule has 2 aliphatic carbocycles. The number of aromatic nitrogens is 1. The fraction of sp³-hybridized carbons (Fsp3) is 0.580. The number of fused-ring (bicyclic) bond motifs is 3. The number of alkyl halides is 4. The van der Waals surface area contributed by atoms with Gasteiger partial charge in [-0.1, -0.05) is 26.0 Å². The van der Waals surface area contributed by atoms with E-state index in [1.165, 1.54) is 14.0 Å². The second-order valence-corrected chi connectivity index (χ2v) is 22.3. The van der Waals surface area contributed by atoms with E-state index < -0.39 is 112 Å². The summed E-state index contributed by atoms with van der Waals surface area (Å²) < 4.78 is 111. The van der Waals surface area contributed by atoms with Crippen molar-refractivity contribution in [3.63, 3.8) is 0 Å². The fourth-order valence-corrected chi connectivity index (χ4v) is 11.9. The maximum atomic E-state index is 15.6. The third kappa shape index (κ3) is 10.1. The Labute approximate surface area is 409 Å². The van der Waals surface area contributed by atoms with Crippen LogP contribution in [0.2, 0.25) is 0 Å². The highest BCUT2D eigenvalue weighted by Crippen LogP contribution is 2.49. The number of carbonyl (C=O) groups excluding carboxylic acids is 3. The van der Waals surface area contributed by atoms with Crippen LogP contribution in [-0.4, -0.2) is 132 Å². The standard InChI is InChI=1S/C50H61F4N5O11S/c1-29(2)69-35-13-11-32(12-14-35)39-23-33-22-36(67-5)15-16-38(33)43(55-39)70-37-24-40-42(60)56-49(45(62)57-71(65,66)47(27-51)18-19-47)25-34(49)10-7-6-9-30(3)21-31(4)41(44(61)58(40)26-37)59(46(63)64)48(50(52,53)54)17-8-20-68-28-48/h7,10-16,22-23,29-31,34,37,40-41H,6,8-9,17-21,24-28H2,1-5H3,(H,56,60)(H,57,62)(H,63,64)/b10-7-/t30-,31-,34-,37-,40+,41+,48-,49-/m1/s1. The van der Waals surface area contributed by atoms with Crippen molar-refractivity contribution in [2.24, 2.45) is 17.8 Å². The quantitative estimate of drug-likeness (QED) is 0.121. The summed E-state index contributed by atoms with van der Waals surface area (Å²) in [7, 11) is -3.04. The molecule has 0 bridgehead atoms. The molecule has 386 valence electrons. The van der Waals surface area contributed by atoms with E-state index in [-0.39, 0.29) is 67.9 Å². The molecular formula is C50H61F4N5O11S. The Morgan fingerprint density at radius 1 is 1.06 bits per heavy atom. The van der Waals surface area contributed by atoms with E-state index in [4.69, 9.17) is 23.9 Å². The van der Waals surface area contributed by atoms with Crippen molar-refractivity contribution < 1.29 is 69.2 Å². The molecule has 4 fully saturated rings. The number of nitrogens with zero attached hydrogens (tertiary/aromatic N) is 3. The predicted molar refractivity (Wildman–Crippen MR) is 252 cm³/mol. The Balaban J connectivity index is 1.22. The number of halogens is 4. The van der Waals surface area contributed by atoms with Crippen LogP contribution in [0.25, 0.3) is 22.0 Å². The number of amides is 4. The first-order valence-electron chi connectivity index (χ1n) is 24.1. The highest BCUT2D eigenvalue weighted by molar-refractivity contribution is 7.91. The topological polar surface area (TPSA) is 203 Å². The lowest BCUT2D eigenvalue weighted by Crippen LogP contribution is -2.71. The van der Waals surface area contributed by atoms with Crippen LogP contribution in [0, 0.1) is 17.8 Å². The van der Waals surface area contributed by atoms with E-state index in [2.05, 4.69) is 5.32 Å². The highest BCUT2D eigenvalue weighted by Gasteiger charge is 2.66. The van der Waals surface area contributed by atoms with Gasteiger partial charge in [0.1, 0.15) is 46.6 Å². The van der Waals surface area contributed by atoms with Gasteiger partial charge >= 0.3 is 12.3 Å². The van der Waals surface area contributed by atoms with E-state index in [1.807, 2.05) is 43.7 Å². The Kier molecular flexibility index (Phi) is 14.3. The van der Waals surface area contributed by atoms with Gasteiger partial charge in [-0.3, -0.25) is 24.0 Å². The number of carboxylic acid groups (broad SMARTS) is 1. The number of hydrogen-bond donors (Lipinski definition) is 3. The molecule has 4 amide bonds. The summed E-state index contributed by atoms with van der Waals surface area (Å²) in [5.74, 6) is -4.00. The zero-order chi connectivity index (χ0) is 51.3. The number of rotatable bonds is 12. The van der Waals surface area contributed by atoms with Crippen LogP contribution in [0.5, 0.6) is 17.4 Å². The average Bonchev–Trinajstić information content (AvgIpc) is 4.23. The molecule has 8 rings (SSSR count). The molecular weight excluding hydrogens is 955 g/mol. The Bertz CT molecular complexity index is 2660. The lowest BCUT2D eigenvalue weighted by Gasteiger charge is -2.50. The summed E-state index contributed by atoms with van der Waals surface area (Å²) in [4.78, 5) is 64.4. The van der Waals surface area contributed by atoms with Gasteiger partial charge in [0.2, 0.25) is 27.7 Å². The molecule has 3 aromatic rings. The smallest absolute Gasteiger partial charge is 0.414 e. The molecule has 21 heteroatoms. The van der Waals surface area contributed by atoms with E-state index in [0.29, 0.717) is 46.4 Å². The SMILES string of the molecule is COc1ccc2c(O[C@@H]3C[C@H]4C(=O)N[C@]5(C(=O)NS(=O)(=O)C6(CF)CC6)C[C@H]5/C=C\CC[C@@H](C)C[C@@H](C)[C@H](N(C(=O)O)[C@]5(C(F)(F)F)CCCOC5)C(=O)N4C3)nc(-c3ccc(OC(C)C)cc3)cc2c1. The monoisotopic (exact) mass is 1020 g/mol. The lowest BCUT2D eigenvalue weighted by molar-refractivity contribution is -0.260. The average molecular weight is 1020 g/mol. The van der Waals surface area contributed by atoms with Gasteiger partial charge in [0.25, 0.3) is 5.91 Å². The summed E-state index contributed by atoms with van der Waals surface area (Å²) in [6.45, 7) is 4.36. The number of hydrogen-bond acceptors (Lipinski definition) is 11. The molecule has 2 saturated heterocycles. The van der Waals surface area contributed by atoms with E-state index in [0.717, 1.165) is 4.90 Å². The van der Waals surface area contributed by atoms with Crippen LogP contribution in [-0.2, 0) is 29.1 Å². The van der Waals surface area contributed by atoms with Gasteiger partial charge in [-0.2, -0.15) is 13.2 Å². The molecule has 4 heterocycles. The predicted octanol–water partition coefficient (Wildman–Crippen LogP) is 7.34. The van der Waals surface area contributed by atoms with Crippen LogP contribution >= 0.6 is 0 Å². The Morgan fingerprint density at radius 3 is 2.39 bits per heavy atom. The molecule has 3 N–H and O–H groups in total. The van der Waals surface area contributed by atoms with Crippen molar-refractivity contribution in [2.45, 2.75) is 132 Å². The molecule has 0 spiro atoms. The number of nitrogens with one attached hydrogen (secondary N) is 2. The molecule has 2 aromatic carbocycles. The van der Waals surface area contributed by atoms with Crippen molar-refractivity contribution in [1.29, 1.82) is 0 Å². The molecule has 2 saturated carbocycles. The van der Waals surface area contributed by atoms with Gasteiger partial charge in [-0.15, -0.1) is 0 Å². The van der Waals surface area contributed by atoms with Crippen LogP contribution in [0.4, 0.5) is 22.4 Å². The van der Waals surface area contributed by atoms with Gasteiger partial charge in [-0.05, 0) is 131 Å². The number of carbonyl (C=O) groups is 4. The minimum absolute atomic E-state index is 0.0116. The number of ether oxygens (including phenoxy) is 4.